The second-order valence-electron chi connectivity index (χ2n) is 8.09. The van der Waals surface area contributed by atoms with E-state index >= 15 is 0 Å². The first-order chi connectivity index (χ1) is 16.3. The Bertz CT molecular complexity index is 1160. The van der Waals surface area contributed by atoms with E-state index in [2.05, 4.69) is 31.9 Å². The molecule has 2 N–H and O–H groups in total. The fraction of sp³-hybridized carbons (Fsp3) is 0.455. The number of aromatic nitrogens is 6. The van der Waals surface area contributed by atoms with E-state index in [0.717, 1.165) is 25.9 Å². The summed E-state index contributed by atoms with van der Waals surface area (Å²) in [6.45, 7) is 5.15. The Morgan fingerprint density at radius 3 is 2.65 bits per heavy atom. The largest absolute Gasteiger partial charge is 0.486 e. The monoisotopic (exact) mass is 470 g/mol. The van der Waals surface area contributed by atoms with Crippen LogP contribution in [0.4, 0.5) is 4.39 Å². The van der Waals surface area contributed by atoms with Crippen LogP contribution in [0.2, 0.25) is 0 Å². The summed E-state index contributed by atoms with van der Waals surface area (Å²) in [6.07, 6.45) is 3.46. The first kappa shape index (κ1) is 24.8. The van der Waals surface area contributed by atoms with Gasteiger partial charge in [0, 0.05) is 11.1 Å². The van der Waals surface area contributed by atoms with Crippen molar-refractivity contribution in [3.05, 3.63) is 41.5 Å². The van der Waals surface area contributed by atoms with Gasteiger partial charge in [0.05, 0.1) is 25.2 Å². The van der Waals surface area contributed by atoms with Gasteiger partial charge in [0.15, 0.2) is 11.6 Å². The topological polar surface area (TPSA) is 144 Å². The van der Waals surface area contributed by atoms with Crippen LogP contribution in [0, 0.1) is 23.1 Å². The van der Waals surface area contributed by atoms with Gasteiger partial charge >= 0.3 is 5.97 Å². The van der Waals surface area contributed by atoms with Crippen molar-refractivity contribution < 1.29 is 19.0 Å². The lowest BCUT2D eigenvalue weighted by Gasteiger charge is -2.23. The third-order valence-electron chi connectivity index (χ3n) is 5.21. The maximum absolute atomic E-state index is 14.4. The van der Waals surface area contributed by atoms with Crippen molar-refractivity contribution in [3.8, 4) is 23.2 Å². The molecule has 34 heavy (non-hydrogen) atoms. The first-order valence-corrected chi connectivity index (χ1v) is 10.9. The number of aliphatic carboxylic acids is 1. The highest BCUT2D eigenvalue weighted by Crippen LogP contribution is 2.26. The highest BCUT2D eigenvalue weighted by Gasteiger charge is 2.21. The Kier molecular flexibility index (Phi) is 8.26. The standard InChI is InChI=1S/C18H19FN8O.C4H8O2/c1-26-24-18(23-25-26)12-2-3-17(15(19)8-12)28-11-13-10-22-27(16(13)9-20)14-4-6-21-7-5-14;1-3(2)4(5)6/h2-3,8,10,14,21H,4-7,11H2,1H3;3H,1-2H3,(H,5,6). The molecule has 11 nitrogen and oxygen atoms in total. The Hall–Kier alpha value is -3.85. The molecule has 0 amide bonds. The number of hydrogen-bond acceptors (Lipinski definition) is 8. The molecule has 180 valence electrons. The SMILES string of the molecule is CC(C)C(=O)O.Cn1nnc(-c2ccc(OCc3cnn(C4CCNCC4)c3C#N)c(F)c2)n1. The van der Waals surface area contributed by atoms with Crippen LogP contribution in [0.25, 0.3) is 11.4 Å². The van der Waals surface area contributed by atoms with Gasteiger partial charge in [0.2, 0.25) is 5.82 Å². The summed E-state index contributed by atoms with van der Waals surface area (Å²) in [5.41, 5.74) is 1.61. The molecule has 0 bridgehead atoms. The predicted octanol–water partition coefficient (Wildman–Crippen LogP) is 2.31. The summed E-state index contributed by atoms with van der Waals surface area (Å²) in [5, 5.41) is 36.9. The number of carboxylic acids is 1. The summed E-state index contributed by atoms with van der Waals surface area (Å²) in [4.78, 5) is 11.0. The number of nitrogens with one attached hydrogen (secondary N) is 1. The van der Waals surface area contributed by atoms with Crippen LogP contribution >= 0.6 is 0 Å². The molecule has 0 radical (unpaired) electrons. The van der Waals surface area contributed by atoms with Crippen molar-refractivity contribution in [2.45, 2.75) is 39.3 Å². The summed E-state index contributed by atoms with van der Waals surface area (Å²) in [6, 6.07) is 6.89. The summed E-state index contributed by atoms with van der Waals surface area (Å²) < 4.78 is 21.8. The zero-order valence-corrected chi connectivity index (χ0v) is 19.3. The summed E-state index contributed by atoms with van der Waals surface area (Å²) in [7, 11) is 1.64. The van der Waals surface area contributed by atoms with Crippen molar-refractivity contribution in [1.82, 2.24) is 35.3 Å². The highest BCUT2D eigenvalue weighted by molar-refractivity contribution is 5.68. The molecule has 0 spiro atoms. The quantitative estimate of drug-likeness (QED) is 0.554. The van der Waals surface area contributed by atoms with Crippen molar-refractivity contribution in [2.24, 2.45) is 13.0 Å². The zero-order chi connectivity index (χ0) is 24.7. The lowest BCUT2D eigenvalue weighted by molar-refractivity contribution is -0.140. The van der Waals surface area contributed by atoms with Gasteiger partial charge in [0.25, 0.3) is 0 Å². The molecule has 2 aromatic heterocycles. The number of nitriles is 1. The van der Waals surface area contributed by atoms with Gasteiger partial charge in [-0.2, -0.15) is 15.2 Å². The van der Waals surface area contributed by atoms with E-state index in [1.165, 1.54) is 16.9 Å². The van der Waals surface area contributed by atoms with Crippen LogP contribution in [0.5, 0.6) is 5.75 Å². The van der Waals surface area contributed by atoms with Crippen molar-refractivity contribution in [1.29, 1.82) is 5.26 Å². The molecule has 1 aliphatic heterocycles. The molecule has 4 rings (SSSR count). The number of hydrogen-bond donors (Lipinski definition) is 2. The van der Waals surface area contributed by atoms with Gasteiger partial charge in [-0.25, -0.2) is 4.39 Å². The molecule has 0 unspecified atom stereocenters. The third kappa shape index (κ3) is 6.14. The number of ether oxygens (including phenoxy) is 1. The lowest BCUT2D eigenvalue weighted by Crippen LogP contribution is -2.30. The minimum atomic E-state index is -0.741. The Balaban J connectivity index is 0.000000481. The molecule has 0 aliphatic carbocycles. The highest BCUT2D eigenvalue weighted by atomic mass is 19.1. The van der Waals surface area contributed by atoms with Crippen LogP contribution in [0.1, 0.15) is 44.0 Å². The number of carbonyl (C=O) groups is 1. The fourth-order valence-electron chi connectivity index (χ4n) is 3.27. The molecular formula is C22H27FN8O3. The van der Waals surface area contributed by atoms with Gasteiger partial charge in [0.1, 0.15) is 18.4 Å². The molecule has 0 saturated carbocycles. The van der Waals surface area contributed by atoms with Gasteiger partial charge < -0.3 is 15.2 Å². The minimum absolute atomic E-state index is 0.0630. The predicted molar refractivity (Wildman–Crippen MR) is 119 cm³/mol. The van der Waals surface area contributed by atoms with Crippen molar-refractivity contribution in [3.63, 3.8) is 0 Å². The van der Waals surface area contributed by atoms with Crippen LogP contribution in [-0.2, 0) is 18.4 Å². The molecule has 1 saturated heterocycles. The van der Waals surface area contributed by atoms with Crippen molar-refractivity contribution in [2.75, 3.05) is 13.1 Å². The van der Waals surface area contributed by atoms with E-state index in [1.54, 1.807) is 37.8 Å². The average molecular weight is 471 g/mol. The number of benzene rings is 1. The molecule has 0 atom stereocenters. The molecule has 3 heterocycles. The smallest absolute Gasteiger partial charge is 0.305 e. The Labute approximate surface area is 196 Å². The second-order valence-corrected chi connectivity index (χ2v) is 8.09. The van der Waals surface area contributed by atoms with Crippen LogP contribution < -0.4 is 10.1 Å². The van der Waals surface area contributed by atoms with E-state index in [9.17, 15) is 14.4 Å². The maximum atomic E-state index is 14.4. The van der Waals surface area contributed by atoms with Crippen LogP contribution in [-0.4, -0.2) is 54.2 Å². The van der Waals surface area contributed by atoms with Gasteiger partial charge in [-0.15, -0.1) is 10.2 Å². The van der Waals surface area contributed by atoms with Crippen LogP contribution in [0.3, 0.4) is 0 Å². The number of nitrogens with zero attached hydrogens (tertiary/aromatic N) is 7. The number of tetrazole rings is 1. The number of aryl methyl sites for hydroxylation is 1. The molecule has 1 fully saturated rings. The minimum Gasteiger partial charge on any atom is -0.486 e. The van der Waals surface area contributed by atoms with Gasteiger partial charge in [-0.1, -0.05) is 13.8 Å². The fourth-order valence-corrected chi connectivity index (χ4v) is 3.27. The Morgan fingerprint density at radius 1 is 1.38 bits per heavy atom. The number of halogens is 1. The van der Waals surface area contributed by atoms with Gasteiger partial charge in [-0.05, 0) is 49.3 Å². The van der Waals surface area contributed by atoms with Gasteiger partial charge in [-0.3, -0.25) is 9.48 Å². The zero-order valence-electron chi connectivity index (χ0n) is 19.3. The number of carboxylic acid groups (broad SMARTS) is 1. The van der Waals surface area contributed by atoms with Crippen LogP contribution in [0.15, 0.2) is 24.4 Å². The van der Waals surface area contributed by atoms with Crippen molar-refractivity contribution >= 4 is 5.97 Å². The number of piperidine rings is 1. The van der Waals surface area contributed by atoms with E-state index in [0.29, 0.717) is 22.6 Å². The van der Waals surface area contributed by atoms with E-state index in [-0.39, 0.29) is 24.3 Å². The molecule has 3 aromatic rings. The summed E-state index contributed by atoms with van der Waals surface area (Å²) >= 11 is 0. The summed E-state index contributed by atoms with van der Waals surface area (Å²) in [5.74, 6) is -1.08. The molecular weight excluding hydrogens is 443 g/mol. The normalized spacial score (nSPS) is 13.8. The molecule has 12 heteroatoms. The molecule has 1 aliphatic rings. The lowest BCUT2D eigenvalue weighted by atomic mass is 10.1. The third-order valence-corrected chi connectivity index (χ3v) is 5.21. The second kappa shape index (κ2) is 11.3. The van der Waals surface area contributed by atoms with E-state index in [1.807, 2.05) is 0 Å². The maximum Gasteiger partial charge on any atom is 0.305 e. The first-order valence-electron chi connectivity index (χ1n) is 10.9. The number of rotatable bonds is 6. The van der Waals surface area contributed by atoms with E-state index < -0.39 is 11.8 Å². The molecule has 1 aromatic carbocycles. The average Bonchev–Trinajstić information content (AvgIpc) is 3.45. The Morgan fingerprint density at radius 2 is 2.09 bits per heavy atom. The van der Waals surface area contributed by atoms with E-state index in [4.69, 9.17) is 9.84 Å².